The molecule has 0 radical (unpaired) electrons. The Bertz CT molecular complexity index is 877. The highest BCUT2D eigenvalue weighted by Gasteiger charge is 2.05. The van der Waals surface area contributed by atoms with Crippen molar-refractivity contribution in [2.75, 3.05) is 27.4 Å². The average molecular weight is 451 g/mol. The zero-order valence-electron chi connectivity index (χ0n) is 20.5. The van der Waals surface area contributed by atoms with Crippen LogP contribution in [0.25, 0.3) is 0 Å². The first-order valence-electron chi connectivity index (χ1n) is 11.5. The summed E-state index contributed by atoms with van der Waals surface area (Å²) in [5, 5.41) is 0. The predicted molar refractivity (Wildman–Crippen MR) is 136 cm³/mol. The molecular weight excluding hydrogens is 412 g/mol. The van der Waals surface area contributed by atoms with E-state index in [1.807, 2.05) is 54.6 Å². The Morgan fingerprint density at radius 2 is 1.33 bits per heavy atom. The Labute approximate surface area is 199 Å². The zero-order chi connectivity index (χ0) is 23.9. The fourth-order valence-corrected chi connectivity index (χ4v) is 3.35. The number of allylic oxidation sites excluding steroid dienone is 3. The van der Waals surface area contributed by atoms with Crippen LogP contribution in [0.2, 0.25) is 0 Å². The maximum Gasteiger partial charge on any atom is 0.118 e. The smallest absolute Gasteiger partial charge is 0.118 e. The van der Waals surface area contributed by atoms with Gasteiger partial charge in [-0.25, -0.2) is 0 Å². The van der Waals surface area contributed by atoms with Crippen molar-refractivity contribution in [1.82, 2.24) is 0 Å². The lowest BCUT2D eigenvalue weighted by molar-refractivity contribution is 0.122. The molecule has 0 N–H and O–H groups in total. The molecule has 178 valence electrons. The van der Waals surface area contributed by atoms with E-state index < -0.39 is 0 Å². The van der Waals surface area contributed by atoms with Gasteiger partial charge in [0.25, 0.3) is 0 Å². The van der Waals surface area contributed by atoms with Gasteiger partial charge in [0, 0.05) is 0 Å². The first kappa shape index (κ1) is 26.4. The van der Waals surface area contributed by atoms with Gasteiger partial charge in [-0.15, -0.1) is 0 Å². The van der Waals surface area contributed by atoms with Crippen LogP contribution in [0.4, 0.5) is 0 Å². The van der Waals surface area contributed by atoms with Gasteiger partial charge in [0.05, 0.1) is 40.6 Å². The van der Waals surface area contributed by atoms with Gasteiger partial charge in [0.2, 0.25) is 0 Å². The lowest BCUT2D eigenvalue weighted by Gasteiger charge is -2.12. The molecule has 4 heteroatoms. The van der Waals surface area contributed by atoms with Crippen molar-refractivity contribution in [3.05, 3.63) is 95.6 Å². The van der Waals surface area contributed by atoms with Gasteiger partial charge in [-0.2, -0.15) is 0 Å². The average Bonchev–Trinajstić information content (AvgIpc) is 2.84. The van der Waals surface area contributed by atoms with Crippen molar-refractivity contribution in [2.24, 2.45) is 5.92 Å². The topological polar surface area (TPSA) is 36.9 Å². The molecule has 0 aromatic heterocycles. The van der Waals surface area contributed by atoms with Crippen LogP contribution in [0.1, 0.15) is 37.8 Å². The van der Waals surface area contributed by atoms with Gasteiger partial charge < -0.3 is 18.9 Å². The van der Waals surface area contributed by atoms with Gasteiger partial charge in [-0.3, -0.25) is 0 Å². The van der Waals surface area contributed by atoms with Crippen LogP contribution in [-0.4, -0.2) is 27.4 Å². The van der Waals surface area contributed by atoms with E-state index in [2.05, 4.69) is 32.6 Å². The largest absolute Gasteiger partial charge is 0.497 e. The highest BCUT2D eigenvalue weighted by Crippen LogP contribution is 2.20. The SMILES string of the molecule is C=CC(=C/C(C)C)/C(=C/CCOCc1ccc(OC)cc1)CCOCc1ccc(OC)cc1. The van der Waals surface area contributed by atoms with Crippen molar-refractivity contribution in [3.63, 3.8) is 0 Å². The maximum absolute atomic E-state index is 5.94. The summed E-state index contributed by atoms with van der Waals surface area (Å²) in [4.78, 5) is 0. The Balaban J connectivity index is 1.86. The molecule has 0 unspecified atom stereocenters. The number of rotatable bonds is 15. The van der Waals surface area contributed by atoms with E-state index >= 15 is 0 Å². The summed E-state index contributed by atoms with van der Waals surface area (Å²) < 4.78 is 22.2. The molecule has 0 amide bonds. The number of benzene rings is 2. The van der Waals surface area contributed by atoms with Crippen LogP contribution in [0.3, 0.4) is 0 Å². The normalized spacial score (nSPS) is 12.2. The molecule has 0 atom stereocenters. The Kier molecular flexibility index (Phi) is 12.1. The Hall–Kier alpha value is -2.82. The minimum absolute atomic E-state index is 0.452. The third-order valence-electron chi connectivity index (χ3n) is 5.13. The molecule has 0 spiro atoms. The third-order valence-corrected chi connectivity index (χ3v) is 5.13. The monoisotopic (exact) mass is 450 g/mol. The van der Waals surface area contributed by atoms with E-state index in [0.717, 1.165) is 35.5 Å². The van der Waals surface area contributed by atoms with E-state index in [0.29, 0.717) is 32.3 Å². The quantitative estimate of drug-likeness (QED) is 0.218. The molecule has 2 rings (SSSR count). The van der Waals surface area contributed by atoms with Crippen LogP contribution >= 0.6 is 0 Å². The molecule has 2 aromatic carbocycles. The highest BCUT2D eigenvalue weighted by molar-refractivity contribution is 5.39. The highest BCUT2D eigenvalue weighted by atomic mass is 16.5. The molecule has 4 nitrogen and oxygen atoms in total. The summed E-state index contributed by atoms with van der Waals surface area (Å²) in [5.74, 6) is 2.16. The summed E-state index contributed by atoms with van der Waals surface area (Å²) in [6.07, 6.45) is 8.11. The molecule has 0 saturated carbocycles. The fraction of sp³-hybridized carbons (Fsp3) is 0.379. The van der Waals surface area contributed by atoms with E-state index in [4.69, 9.17) is 18.9 Å². The van der Waals surface area contributed by atoms with Crippen molar-refractivity contribution < 1.29 is 18.9 Å². The molecule has 0 saturated heterocycles. The number of hydrogen-bond acceptors (Lipinski definition) is 4. The van der Waals surface area contributed by atoms with E-state index in [1.54, 1.807) is 14.2 Å². The summed E-state index contributed by atoms with van der Waals surface area (Å²) >= 11 is 0. The first-order valence-corrected chi connectivity index (χ1v) is 11.5. The van der Waals surface area contributed by atoms with Crippen molar-refractivity contribution >= 4 is 0 Å². The molecule has 0 heterocycles. The maximum atomic E-state index is 5.94. The Morgan fingerprint density at radius 1 is 0.818 bits per heavy atom. The van der Waals surface area contributed by atoms with Crippen LogP contribution in [0.15, 0.2) is 84.5 Å². The lowest BCUT2D eigenvalue weighted by atomic mass is 9.98. The summed E-state index contributed by atoms with van der Waals surface area (Å²) in [6.45, 7) is 10.9. The van der Waals surface area contributed by atoms with Crippen molar-refractivity contribution in [3.8, 4) is 11.5 Å². The second-order valence-corrected chi connectivity index (χ2v) is 8.14. The fourth-order valence-electron chi connectivity index (χ4n) is 3.35. The van der Waals surface area contributed by atoms with E-state index in [-0.39, 0.29) is 0 Å². The van der Waals surface area contributed by atoms with E-state index in [1.165, 1.54) is 11.1 Å². The summed E-state index contributed by atoms with van der Waals surface area (Å²) in [6, 6.07) is 15.9. The minimum Gasteiger partial charge on any atom is -0.497 e. The molecule has 0 aliphatic carbocycles. The van der Waals surface area contributed by atoms with Crippen LogP contribution in [-0.2, 0) is 22.7 Å². The molecule has 2 aromatic rings. The second-order valence-electron chi connectivity index (χ2n) is 8.14. The number of methoxy groups -OCH3 is 2. The molecule has 33 heavy (non-hydrogen) atoms. The molecule has 0 fully saturated rings. The van der Waals surface area contributed by atoms with Gasteiger partial charge in [0.1, 0.15) is 11.5 Å². The van der Waals surface area contributed by atoms with Gasteiger partial charge >= 0.3 is 0 Å². The summed E-state index contributed by atoms with van der Waals surface area (Å²) in [7, 11) is 3.34. The van der Waals surface area contributed by atoms with Gasteiger partial charge in [-0.05, 0) is 65.3 Å². The third kappa shape index (κ3) is 10.1. The molecule has 0 aliphatic rings. The predicted octanol–water partition coefficient (Wildman–Crippen LogP) is 6.91. The Morgan fingerprint density at radius 3 is 1.79 bits per heavy atom. The first-order chi connectivity index (χ1) is 16.0. The molecule has 0 bridgehead atoms. The van der Waals surface area contributed by atoms with Crippen molar-refractivity contribution in [1.29, 1.82) is 0 Å². The standard InChI is InChI=1S/C29H38O4/c1-6-26(20-23(2)3)27(17-19-33-22-25-11-15-29(31-5)16-12-25)8-7-18-32-21-24-9-13-28(30-4)14-10-24/h6,8-16,20,23H,1,7,17-19,21-22H2,2-5H3/b26-20-,27-8+. The van der Waals surface area contributed by atoms with Gasteiger partial charge in [0.15, 0.2) is 0 Å². The number of ether oxygens (including phenoxy) is 4. The lowest BCUT2D eigenvalue weighted by Crippen LogP contribution is -2.01. The van der Waals surface area contributed by atoms with Crippen molar-refractivity contribution in [2.45, 2.75) is 39.9 Å². The van der Waals surface area contributed by atoms with Gasteiger partial charge in [-0.1, -0.05) is 62.9 Å². The number of hydrogen-bond donors (Lipinski definition) is 0. The van der Waals surface area contributed by atoms with E-state index in [9.17, 15) is 0 Å². The molecule has 0 aliphatic heterocycles. The second kappa shape index (κ2) is 15.1. The van der Waals surface area contributed by atoms with Crippen LogP contribution in [0, 0.1) is 5.92 Å². The minimum atomic E-state index is 0.452. The van der Waals surface area contributed by atoms with Crippen LogP contribution < -0.4 is 9.47 Å². The molecular formula is C29H38O4. The summed E-state index contributed by atoms with van der Waals surface area (Å²) in [5.41, 5.74) is 4.70. The van der Waals surface area contributed by atoms with Crippen LogP contribution in [0.5, 0.6) is 11.5 Å². The zero-order valence-corrected chi connectivity index (χ0v) is 20.5.